The highest BCUT2D eigenvalue weighted by Gasteiger charge is 2.21. The molecule has 0 aliphatic heterocycles. The van der Waals surface area contributed by atoms with Crippen molar-refractivity contribution in [2.45, 2.75) is 19.0 Å². The summed E-state index contributed by atoms with van der Waals surface area (Å²) in [6.07, 6.45) is -3.86. The van der Waals surface area contributed by atoms with Crippen LogP contribution < -0.4 is 0 Å². The number of rotatable bonds is 3. The molecule has 0 heterocycles. The summed E-state index contributed by atoms with van der Waals surface area (Å²) in [5.74, 6) is -1.10. The van der Waals surface area contributed by atoms with Gasteiger partial charge in [-0.15, -0.1) is 0 Å². The molecule has 0 saturated carbocycles. The van der Waals surface area contributed by atoms with Gasteiger partial charge in [0.15, 0.2) is 0 Å². The standard InChI is InChI=1S/C6H7F3O2/c7-6(8,9)4-2-1-3-5(10)11/h2,4H,1,3H2,(H,10,11)/b4-2+. The maximum absolute atomic E-state index is 11.3. The van der Waals surface area contributed by atoms with Crippen LogP contribution in [0.4, 0.5) is 13.2 Å². The Balaban J connectivity index is 3.54. The van der Waals surface area contributed by atoms with Crippen LogP contribution in [0.5, 0.6) is 0 Å². The van der Waals surface area contributed by atoms with Gasteiger partial charge in [0.2, 0.25) is 0 Å². The fraction of sp³-hybridized carbons (Fsp3) is 0.500. The molecule has 5 heteroatoms. The Morgan fingerprint density at radius 1 is 1.45 bits per heavy atom. The smallest absolute Gasteiger partial charge is 0.409 e. The number of halogens is 3. The van der Waals surface area contributed by atoms with Crippen LogP contribution in [0.1, 0.15) is 12.8 Å². The number of hydrogen-bond donors (Lipinski definition) is 1. The van der Waals surface area contributed by atoms with Crippen LogP contribution in [0, 0.1) is 0 Å². The fourth-order valence-corrected chi connectivity index (χ4v) is 0.424. The molecule has 0 saturated heterocycles. The zero-order valence-corrected chi connectivity index (χ0v) is 5.56. The highest BCUT2D eigenvalue weighted by atomic mass is 19.4. The van der Waals surface area contributed by atoms with Gasteiger partial charge in [-0.2, -0.15) is 13.2 Å². The molecule has 0 aliphatic rings. The lowest BCUT2D eigenvalue weighted by Gasteiger charge is -1.95. The van der Waals surface area contributed by atoms with Gasteiger partial charge in [0.25, 0.3) is 0 Å². The van der Waals surface area contributed by atoms with E-state index in [1.165, 1.54) is 0 Å². The molecule has 11 heavy (non-hydrogen) atoms. The minimum Gasteiger partial charge on any atom is -0.481 e. The van der Waals surface area contributed by atoms with E-state index < -0.39 is 12.1 Å². The predicted molar refractivity (Wildman–Crippen MR) is 32.1 cm³/mol. The van der Waals surface area contributed by atoms with E-state index >= 15 is 0 Å². The molecule has 64 valence electrons. The van der Waals surface area contributed by atoms with Gasteiger partial charge in [0.05, 0.1) is 0 Å². The van der Waals surface area contributed by atoms with Crippen molar-refractivity contribution in [2.24, 2.45) is 0 Å². The Hall–Kier alpha value is -1.00. The van der Waals surface area contributed by atoms with Crippen molar-refractivity contribution in [3.05, 3.63) is 12.2 Å². The summed E-state index contributed by atoms with van der Waals surface area (Å²) in [4.78, 5) is 9.81. The third-order valence-corrected chi connectivity index (χ3v) is 0.832. The number of aliphatic carboxylic acids is 1. The van der Waals surface area contributed by atoms with Crippen molar-refractivity contribution in [1.82, 2.24) is 0 Å². The molecule has 0 bridgehead atoms. The molecule has 0 aromatic rings. The average Bonchev–Trinajstić information content (AvgIpc) is 1.78. The number of carboxylic acids is 1. The Morgan fingerprint density at radius 3 is 2.36 bits per heavy atom. The van der Waals surface area contributed by atoms with Crippen molar-refractivity contribution in [3.63, 3.8) is 0 Å². The molecular formula is C6H7F3O2. The molecule has 2 nitrogen and oxygen atoms in total. The first-order valence-corrected chi connectivity index (χ1v) is 2.88. The van der Waals surface area contributed by atoms with Gasteiger partial charge in [-0.3, -0.25) is 4.79 Å². The number of allylic oxidation sites excluding steroid dienone is 2. The second-order valence-corrected chi connectivity index (χ2v) is 1.88. The summed E-state index contributed by atoms with van der Waals surface area (Å²) in [7, 11) is 0. The second kappa shape index (κ2) is 4.00. The normalized spacial score (nSPS) is 12.3. The van der Waals surface area contributed by atoms with E-state index in [1.807, 2.05) is 0 Å². The summed E-state index contributed by atoms with van der Waals surface area (Å²) in [6.45, 7) is 0. The zero-order valence-electron chi connectivity index (χ0n) is 5.56. The molecule has 0 atom stereocenters. The highest BCUT2D eigenvalue weighted by Crippen LogP contribution is 2.16. The lowest BCUT2D eigenvalue weighted by Crippen LogP contribution is -2.00. The minimum absolute atomic E-state index is 0.0376. The first-order chi connectivity index (χ1) is 4.92. The average molecular weight is 168 g/mol. The van der Waals surface area contributed by atoms with Gasteiger partial charge in [0.1, 0.15) is 0 Å². The van der Waals surface area contributed by atoms with Crippen molar-refractivity contribution < 1.29 is 23.1 Å². The molecule has 0 aliphatic carbocycles. The van der Waals surface area contributed by atoms with Gasteiger partial charge >= 0.3 is 12.1 Å². The van der Waals surface area contributed by atoms with Crippen molar-refractivity contribution in [2.75, 3.05) is 0 Å². The lowest BCUT2D eigenvalue weighted by atomic mass is 10.3. The van der Waals surface area contributed by atoms with Gasteiger partial charge in [0, 0.05) is 12.5 Å². The molecule has 0 radical (unpaired) electrons. The van der Waals surface area contributed by atoms with Gasteiger partial charge in [-0.25, -0.2) is 0 Å². The number of hydrogen-bond acceptors (Lipinski definition) is 1. The van der Waals surface area contributed by atoms with Crippen molar-refractivity contribution in [3.8, 4) is 0 Å². The van der Waals surface area contributed by atoms with Crippen LogP contribution in [-0.2, 0) is 4.79 Å². The second-order valence-electron chi connectivity index (χ2n) is 1.88. The van der Waals surface area contributed by atoms with E-state index in [2.05, 4.69) is 0 Å². The van der Waals surface area contributed by atoms with E-state index in [9.17, 15) is 18.0 Å². The summed E-state index contributed by atoms with van der Waals surface area (Å²) < 4.78 is 34.0. The Labute approximate surface area is 61.3 Å². The van der Waals surface area contributed by atoms with Crippen LogP contribution in [0.2, 0.25) is 0 Å². The van der Waals surface area contributed by atoms with E-state index in [0.717, 1.165) is 6.08 Å². The molecule has 0 unspecified atom stereocenters. The maximum atomic E-state index is 11.3. The van der Waals surface area contributed by atoms with Crippen molar-refractivity contribution in [1.29, 1.82) is 0 Å². The summed E-state index contributed by atoms with van der Waals surface area (Å²) in [6, 6.07) is 0. The van der Waals surface area contributed by atoms with E-state index in [4.69, 9.17) is 5.11 Å². The minimum atomic E-state index is -4.33. The number of carboxylic acid groups (broad SMARTS) is 1. The van der Waals surface area contributed by atoms with Gasteiger partial charge in [-0.05, 0) is 6.42 Å². The first kappa shape index (κ1) is 10.0. The SMILES string of the molecule is O=C(O)CC/C=C/C(F)(F)F. The predicted octanol–water partition coefficient (Wildman–Crippen LogP) is 1.97. The first-order valence-electron chi connectivity index (χ1n) is 2.88. The maximum Gasteiger partial charge on any atom is 0.409 e. The summed E-state index contributed by atoms with van der Waals surface area (Å²) >= 11 is 0. The molecule has 0 aromatic heterocycles. The van der Waals surface area contributed by atoms with Gasteiger partial charge in [-0.1, -0.05) is 6.08 Å². The number of carbonyl (C=O) groups is 1. The molecule has 0 spiro atoms. The molecule has 1 N–H and O–H groups in total. The van der Waals surface area contributed by atoms with Crippen LogP contribution in [0.3, 0.4) is 0 Å². The molecular weight excluding hydrogens is 161 g/mol. The monoisotopic (exact) mass is 168 g/mol. The Morgan fingerprint density at radius 2 is 2.00 bits per heavy atom. The summed E-state index contributed by atoms with van der Waals surface area (Å²) in [5.41, 5.74) is 0. The zero-order chi connectivity index (χ0) is 8.91. The van der Waals surface area contributed by atoms with Crippen LogP contribution >= 0.6 is 0 Å². The van der Waals surface area contributed by atoms with E-state index in [-0.39, 0.29) is 18.9 Å². The van der Waals surface area contributed by atoms with Crippen LogP contribution in [0.15, 0.2) is 12.2 Å². The summed E-state index contributed by atoms with van der Waals surface area (Å²) in [5, 5.41) is 8.03. The quantitative estimate of drug-likeness (QED) is 0.654. The largest absolute Gasteiger partial charge is 0.481 e. The molecule has 0 rings (SSSR count). The molecule has 0 aromatic carbocycles. The highest BCUT2D eigenvalue weighted by molar-refractivity contribution is 5.66. The number of alkyl halides is 3. The van der Waals surface area contributed by atoms with Crippen LogP contribution in [0.25, 0.3) is 0 Å². The topological polar surface area (TPSA) is 37.3 Å². The fourth-order valence-electron chi connectivity index (χ4n) is 0.424. The lowest BCUT2D eigenvalue weighted by molar-refractivity contribution is -0.136. The van der Waals surface area contributed by atoms with E-state index in [0.29, 0.717) is 0 Å². The molecule has 0 amide bonds. The third-order valence-electron chi connectivity index (χ3n) is 0.832. The Kier molecular flexibility index (Phi) is 3.64. The third kappa shape index (κ3) is 9.00. The Bertz CT molecular complexity index is 160. The molecule has 0 fully saturated rings. The van der Waals surface area contributed by atoms with Gasteiger partial charge < -0.3 is 5.11 Å². The van der Waals surface area contributed by atoms with Crippen LogP contribution in [-0.4, -0.2) is 17.3 Å². The van der Waals surface area contributed by atoms with Crippen molar-refractivity contribution >= 4 is 5.97 Å². The van der Waals surface area contributed by atoms with E-state index in [1.54, 1.807) is 0 Å².